The van der Waals surface area contributed by atoms with Gasteiger partial charge in [0, 0.05) is 29.2 Å². The highest BCUT2D eigenvalue weighted by Gasteiger charge is 2.31. The summed E-state index contributed by atoms with van der Waals surface area (Å²) in [6.45, 7) is 2.45. The van der Waals surface area contributed by atoms with E-state index in [-0.39, 0.29) is 29.4 Å². The quantitative estimate of drug-likeness (QED) is 0.478. The molecule has 1 atom stereocenters. The van der Waals surface area contributed by atoms with E-state index < -0.39 is 11.7 Å². The lowest BCUT2D eigenvalue weighted by Crippen LogP contribution is -2.40. The number of esters is 1. The number of fused-ring (bicyclic) bond motifs is 1. The van der Waals surface area contributed by atoms with Crippen LogP contribution < -0.4 is 5.32 Å². The van der Waals surface area contributed by atoms with E-state index in [1.807, 2.05) is 48.0 Å². The summed E-state index contributed by atoms with van der Waals surface area (Å²) in [5.41, 5.74) is 1.63. The molecule has 0 bridgehead atoms. The van der Waals surface area contributed by atoms with Gasteiger partial charge >= 0.3 is 5.97 Å². The molecule has 1 fully saturated rings. The molecular formula is C26H28ClFN2O3. The Balaban J connectivity index is 1.53. The summed E-state index contributed by atoms with van der Waals surface area (Å²) in [4.78, 5) is 25.0. The molecule has 1 aliphatic rings. The van der Waals surface area contributed by atoms with Crippen LogP contribution in [0.2, 0.25) is 5.02 Å². The normalized spacial score (nSPS) is 19.3. The molecule has 1 saturated carbocycles. The first-order valence-corrected chi connectivity index (χ1v) is 11.7. The van der Waals surface area contributed by atoms with Gasteiger partial charge in [-0.2, -0.15) is 0 Å². The van der Waals surface area contributed by atoms with Crippen LogP contribution in [0.5, 0.6) is 0 Å². The van der Waals surface area contributed by atoms with Gasteiger partial charge in [0.1, 0.15) is 5.82 Å². The smallest absolute Gasteiger partial charge is 0.308 e. The highest BCUT2D eigenvalue weighted by Crippen LogP contribution is 2.32. The second-order valence-corrected chi connectivity index (χ2v) is 9.26. The van der Waals surface area contributed by atoms with Gasteiger partial charge in [-0.1, -0.05) is 23.7 Å². The molecule has 1 aromatic heterocycles. The predicted octanol–water partition coefficient (Wildman–Crippen LogP) is 5.58. The highest BCUT2D eigenvalue weighted by molar-refractivity contribution is 6.30. The Morgan fingerprint density at radius 1 is 1.12 bits per heavy atom. The molecule has 1 amide bonds. The standard InChI is InChI=1S/C26H28ClFN2O3/c1-16(18-5-7-20(8-6-18)26(32)33-2)29-25(31)23-22(28)12-9-19-13-14-30(24(19)23)15-17-3-10-21(27)11-4-17/h3-4,9-14,16,18,20H,5-8,15H2,1-2H3,(H,29,31). The number of methoxy groups -OCH3 is 1. The molecule has 2 aromatic carbocycles. The summed E-state index contributed by atoms with van der Waals surface area (Å²) >= 11 is 5.99. The minimum Gasteiger partial charge on any atom is -0.469 e. The Morgan fingerprint density at radius 2 is 1.82 bits per heavy atom. The Bertz CT molecular complexity index is 1150. The van der Waals surface area contributed by atoms with Gasteiger partial charge in [-0.3, -0.25) is 9.59 Å². The summed E-state index contributed by atoms with van der Waals surface area (Å²) in [5, 5.41) is 4.48. The number of amides is 1. The fraction of sp³-hybridized carbons (Fsp3) is 0.385. The Morgan fingerprint density at radius 3 is 2.48 bits per heavy atom. The zero-order chi connectivity index (χ0) is 23.5. The van der Waals surface area contributed by atoms with Crippen LogP contribution in [0.1, 0.15) is 48.5 Å². The van der Waals surface area contributed by atoms with Crippen LogP contribution in [-0.4, -0.2) is 29.6 Å². The lowest BCUT2D eigenvalue weighted by molar-refractivity contribution is -0.146. The van der Waals surface area contributed by atoms with Gasteiger partial charge in [-0.25, -0.2) is 4.39 Å². The Labute approximate surface area is 197 Å². The maximum Gasteiger partial charge on any atom is 0.308 e. The number of aromatic nitrogens is 1. The van der Waals surface area contributed by atoms with Gasteiger partial charge in [-0.15, -0.1) is 0 Å². The summed E-state index contributed by atoms with van der Waals surface area (Å²) in [5.74, 6) is -0.968. The third-order valence-electron chi connectivity index (χ3n) is 6.75. The number of rotatable bonds is 6. The van der Waals surface area contributed by atoms with E-state index >= 15 is 0 Å². The van der Waals surface area contributed by atoms with Gasteiger partial charge in [-0.05, 0) is 74.4 Å². The van der Waals surface area contributed by atoms with Crippen molar-refractivity contribution < 1.29 is 18.7 Å². The third-order valence-corrected chi connectivity index (χ3v) is 7.00. The molecule has 1 N–H and O–H groups in total. The molecule has 174 valence electrons. The molecule has 1 unspecified atom stereocenters. The molecule has 0 spiro atoms. The van der Waals surface area contributed by atoms with Crippen LogP contribution >= 0.6 is 11.6 Å². The van der Waals surface area contributed by atoms with E-state index in [9.17, 15) is 14.0 Å². The molecule has 7 heteroatoms. The van der Waals surface area contributed by atoms with Gasteiger partial charge < -0.3 is 14.6 Å². The Hall–Kier alpha value is -2.86. The van der Waals surface area contributed by atoms with Crippen LogP contribution in [0.15, 0.2) is 48.7 Å². The van der Waals surface area contributed by atoms with Gasteiger partial charge in [0.2, 0.25) is 0 Å². The highest BCUT2D eigenvalue weighted by atomic mass is 35.5. The van der Waals surface area contributed by atoms with Crippen molar-refractivity contribution in [2.75, 3.05) is 7.11 Å². The maximum atomic E-state index is 14.9. The number of carbonyl (C=O) groups is 2. The minimum atomic E-state index is -0.544. The van der Waals surface area contributed by atoms with Crippen LogP contribution in [0.3, 0.4) is 0 Å². The molecule has 0 saturated heterocycles. The zero-order valence-electron chi connectivity index (χ0n) is 18.8. The first-order valence-electron chi connectivity index (χ1n) is 11.3. The topological polar surface area (TPSA) is 60.3 Å². The summed E-state index contributed by atoms with van der Waals surface area (Å²) in [6, 6.07) is 12.2. The second kappa shape index (κ2) is 9.96. The van der Waals surface area contributed by atoms with Crippen LogP contribution in [0, 0.1) is 17.7 Å². The van der Waals surface area contributed by atoms with E-state index in [1.165, 1.54) is 13.2 Å². The molecule has 0 aliphatic heterocycles. The van der Waals surface area contributed by atoms with E-state index in [0.717, 1.165) is 36.6 Å². The van der Waals surface area contributed by atoms with Crippen molar-refractivity contribution in [2.45, 2.75) is 45.2 Å². The molecule has 5 nitrogen and oxygen atoms in total. The second-order valence-electron chi connectivity index (χ2n) is 8.83. The van der Waals surface area contributed by atoms with E-state index in [2.05, 4.69) is 5.32 Å². The fourth-order valence-corrected chi connectivity index (χ4v) is 4.95. The lowest BCUT2D eigenvalue weighted by atomic mass is 9.79. The maximum absolute atomic E-state index is 14.9. The SMILES string of the molecule is COC(=O)C1CCC(C(C)NC(=O)c2c(F)ccc3ccn(Cc4ccc(Cl)cc4)c23)CC1. The average molecular weight is 471 g/mol. The Kier molecular flexibility index (Phi) is 7.03. The molecule has 1 heterocycles. The molecular weight excluding hydrogens is 443 g/mol. The van der Waals surface area contributed by atoms with Crippen LogP contribution in [-0.2, 0) is 16.1 Å². The third kappa shape index (κ3) is 5.06. The summed E-state index contributed by atoms with van der Waals surface area (Å²) in [6.07, 6.45) is 4.99. The monoisotopic (exact) mass is 470 g/mol. The number of hydrogen-bond acceptors (Lipinski definition) is 3. The van der Waals surface area contributed by atoms with Gasteiger partial charge in [0.05, 0.1) is 24.1 Å². The van der Waals surface area contributed by atoms with Crippen molar-refractivity contribution in [1.82, 2.24) is 9.88 Å². The van der Waals surface area contributed by atoms with E-state index in [1.54, 1.807) is 6.07 Å². The number of carbonyl (C=O) groups excluding carboxylic acids is 2. The van der Waals surface area contributed by atoms with Crippen molar-refractivity contribution in [1.29, 1.82) is 0 Å². The summed E-state index contributed by atoms with van der Waals surface area (Å²) in [7, 11) is 1.41. The zero-order valence-corrected chi connectivity index (χ0v) is 19.6. The molecule has 0 radical (unpaired) electrons. The molecule has 4 rings (SSSR count). The van der Waals surface area contributed by atoms with Crippen LogP contribution in [0.25, 0.3) is 10.9 Å². The number of hydrogen-bond donors (Lipinski definition) is 1. The van der Waals surface area contributed by atoms with Crippen molar-refractivity contribution in [3.05, 3.63) is 70.6 Å². The number of ether oxygens (including phenoxy) is 1. The number of halogens is 2. The fourth-order valence-electron chi connectivity index (χ4n) is 4.82. The number of nitrogens with one attached hydrogen (secondary N) is 1. The molecule has 33 heavy (non-hydrogen) atoms. The van der Waals surface area contributed by atoms with Gasteiger partial charge in [0.15, 0.2) is 0 Å². The van der Waals surface area contributed by atoms with Crippen molar-refractivity contribution in [2.24, 2.45) is 11.8 Å². The summed E-state index contributed by atoms with van der Waals surface area (Å²) < 4.78 is 21.7. The largest absolute Gasteiger partial charge is 0.469 e. The molecule has 3 aromatic rings. The van der Waals surface area contributed by atoms with Gasteiger partial charge in [0.25, 0.3) is 5.91 Å². The van der Waals surface area contributed by atoms with Crippen LogP contribution in [0.4, 0.5) is 4.39 Å². The minimum absolute atomic E-state index is 0.0570. The van der Waals surface area contributed by atoms with E-state index in [4.69, 9.17) is 16.3 Å². The first kappa shape index (κ1) is 23.3. The predicted molar refractivity (Wildman–Crippen MR) is 127 cm³/mol. The average Bonchev–Trinajstić information content (AvgIpc) is 3.22. The molecule has 1 aliphatic carbocycles. The number of benzene rings is 2. The number of nitrogens with zero attached hydrogens (tertiary/aromatic N) is 1. The lowest BCUT2D eigenvalue weighted by Gasteiger charge is -2.31. The first-order chi connectivity index (χ1) is 15.9. The van der Waals surface area contributed by atoms with Crippen molar-refractivity contribution >= 4 is 34.4 Å². The van der Waals surface area contributed by atoms with Crippen molar-refractivity contribution in [3.63, 3.8) is 0 Å². The van der Waals surface area contributed by atoms with Crippen molar-refractivity contribution in [3.8, 4) is 0 Å². The van der Waals surface area contributed by atoms with E-state index in [0.29, 0.717) is 17.1 Å².